The average molecular weight is 315 g/mol. The number of hydrogen-bond donors (Lipinski definition) is 2. The predicted octanol–water partition coefficient (Wildman–Crippen LogP) is 3.85. The molecule has 2 aromatic carbocycles. The molecule has 0 fully saturated rings. The first-order valence-corrected chi connectivity index (χ1v) is 8.24. The van der Waals surface area contributed by atoms with Crippen molar-refractivity contribution in [2.45, 2.75) is 13.0 Å². The fraction of sp³-hybridized carbons (Fsp3) is 0.150. The molecule has 3 heterocycles. The lowest BCUT2D eigenvalue weighted by Gasteiger charge is -2.27. The van der Waals surface area contributed by atoms with Crippen molar-refractivity contribution in [3.8, 4) is 0 Å². The number of amides is 1. The molecule has 0 spiro atoms. The summed E-state index contributed by atoms with van der Waals surface area (Å²) in [5.74, 6) is 0.0933. The standard InChI is InChI=1S/C20H17N3O/c24-20(14-6-5-13-7-9-21-18(13)11-14)23-10-8-16-15-3-1-2-4-17(15)22-19(16)12-23/h1-7,9,11,21-22H,8,10,12H2. The fourth-order valence-electron chi connectivity index (χ4n) is 3.73. The van der Waals surface area contributed by atoms with E-state index in [1.165, 1.54) is 10.9 Å². The fourth-order valence-corrected chi connectivity index (χ4v) is 3.73. The van der Waals surface area contributed by atoms with E-state index in [2.05, 4.69) is 28.2 Å². The smallest absolute Gasteiger partial charge is 0.254 e. The van der Waals surface area contributed by atoms with Gasteiger partial charge in [-0.1, -0.05) is 24.3 Å². The van der Waals surface area contributed by atoms with Crippen molar-refractivity contribution in [2.75, 3.05) is 6.54 Å². The monoisotopic (exact) mass is 315 g/mol. The zero-order valence-corrected chi connectivity index (χ0v) is 13.2. The van der Waals surface area contributed by atoms with Gasteiger partial charge >= 0.3 is 0 Å². The zero-order valence-electron chi connectivity index (χ0n) is 13.2. The molecule has 2 aromatic heterocycles. The molecule has 5 rings (SSSR count). The maximum atomic E-state index is 12.9. The lowest BCUT2D eigenvalue weighted by atomic mass is 10.0. The van der Waals surface area contributed by atoms with Gasteiger partial charge in [-0.05, 0) is 41.6 Å². The van der Waals surface area contributed by atoms with Crippen molar-refractivity contribution in [2.24, 2.45) is 0 Å². The molecule has 0 bridgehead atoms. The van der Waals surface area contributed by atoms with Gasteiger partial charge in [0.2, 0.25) is 0 Å². The van der Waals surface area contributed by atoms with E-state index < -0.39 is 0 Å². The van der Waals surface area contributed by atoms with Gasteiger partial charge < -0.3 is 14.9 Å². The molecule has 118 valence electrons. The molecule has 4 heteroatoms. The first-order chi connectivity index (χ1) is 11.8. The Balaban J connectivity index is 1.48. The number of rotatable bonds is 1. The Labute approximate surface area is 139 Å². The molecule has 0 radical (unpaired) electrons. The summed E-state index contributed by atoms with van der Waals surface area (Å²) >= 11 is 0. The topological polar surface area (TPSA) is 51.9 Å². The van der Waals surface area contributed by atoms with E-state index in [-0.39, 0.29) is 5.91 Å². The molecule has 4 nitrogen and oxygen atoms in total. The largest absolute Gasteiger partial charge is 0.361 e. The van der Waals surface area contributed by atoms with Gasteiger partial charge in [0.25, 0.3) is 5.91 Å². The third-order valence-electron chi connectivity index (χ3n) is 4.97. The Morgan fingerprint density at radius 2 is 1.96 bits per heavy atom. The second-order valence-corrected chi connectivity index (χ2v) is 6.38. The minimum Gasteiger partial charge on any atom is -0.361 e. The maximum Gasteiger partial charge on any atom is 0.254 e. The summed E-state index contributed by atoms with van der Waals surface area (Å²) in [6, 6.07) is 16.2. The summed E-state index contributed by atoms with van der Waals surface area (Å²) < 4.78 is 0. The quantitative estimate of drug-likeness (QED) is 0.551. The van der Waals surface area contributed by atoms with Crippen molar-refractivity contribution in [1.29, 1.82) is 0 Å². The SMILES string of the molecule is O=C(c1ccc2cc[nH]c2c1)N1CCc2c([nH]c3ccccc23)C1. The molecule has 24 heavy (non-hydrogen) atoms. The van der Waals surface area contributed by atoms with E-state index in [1.54, 1.807) is 0 Å². The van der Waals surface area contributed by atoms with E-state index in [9.17, 15) is 4.79 Å². The van der Waals surface area contributed by atoms with Crippen LogP contribution in [0.1, 0.15) is 21.6 Å². The Morgan fingerprint density at radius 1 is 1.04 bits per heavy atom. The van der Waals surface area contributed by atoms with Gasteiger partial charge in [-0.15, -0.1) is 0 Å². The number of benzene rings is 2. The Bertz CT molecular complexity index is 1070. The number of carbonyl (C=O) groups excluding carboxylic acids is 1. The molecule has 2 N–H and O–H groups in total. The van der Waals surface area contributed by atoms with Gasteiger partial charge in [-0.3, -0.25) is 4.79 Å². The Hall–Kier alpha value is -3.01. The van der Waals surface area contributed by atoms with E-state index in [4.69, 9.17) is 0 Å². The molecule has 4 aromatic rings. The van der Waals surface area contributed by atoms with E-state index >= 15 is 0 Å². The van der Waals surface area contributed by atoms with Crippen LogP contribution in [0.25, 0.3) is 21.8 Å². The number of nitrogens with one attached hydrogen (secondary N) is 2. The number of aromatic amines is 2. The molecule has 1 amide bonds. The Morgan fingerprint density at radius 3 is 2.92 bits per heavy atom. The molecule has 0 atom stereocenters. The van der Waals surface area contributed by atoms with E-state index in [0.29, 0.717) is 6.54 Å². The molecular weight excluding hydrogens is 298 g/mol. The average Bonchev–Trinajstić information content (AvgIpc) is 3.23. The van der Waals surface area contributed by atoms with Gasteiger partial charge in [-0.25, -0.2) is 0 Å². The third kappa shape index (κ3) is 1.96. The summed E-state index contributed by atoms with van der Waals surface area (Å²) in [6.45, 7) is 1.40. The van der Waals surface area contributed by atoms with Crippen LogP contribution in [0.4, 0.5) is 0 Å². The number of H-pyrrole nitrogens is 2. The van der Waals surface area contributed by atoms with Gasteiger partial charge in [0.1, 0.15) is 0 Å². The molecular formula is C20H17N3O. The van der Waals surface area contributed by atoms with Gasteiger partial charge in [0.05, 0.1) is 6.54 Å². The van der Waals surface area contributed by atoms with Crippen LogP contribution in [0.5, 0.6) is 0 Å². The number of aromatic nitrogens is 2. The molecule has 0 saturated heterocycles. The first-order valence-electron chi connectivity index (χ1n) is 8.24. The zero-order chi connectivity index (χ0) is 16.1. The molecule has 0 unspecified atom stereocenters. The molecule has 0 aliphatic carbocycles. The van der Waals surface area contributed by atoms with Crippen LogP contribution in [-0.4, -0.2) is 27.3 Å². The van der Waals surface area contributed by atoms with Gasteiger partial charge in [0.15, 0.2) is 0 Å². The number of hydrogen-bond acceptors (Lipinski definition) is 1. The molecule has 1 aliphatic heterocycles. The van der Waals surface area contributed by atoms with Crippen LogP contribution in [0, 0.1) is 0 Å². The van der Waals surface area contributed by atoms with Crippen molar-refractivity contribution in [1.82, 2.24) is 14.9 Å². The van der Waals surface area contributed by atoms with Crippen LogP contribution in [0.15, 0.2) is 54.7 Å². The minimum atomic E-state index is 0.0933. The lowest BCUT2D eigenvalue weighted by molar-refractivity contribution is 0.0733. The van der Waals surface area contributed by atoms with Crippen molar-refractivity contribution in [3.63, 3.8) is 0 Å². The van der Waals surface area contributed by atoms with Gasteiger partial charge in [0, 0.05) is 40.4 Å². The summed E-state index contributed by atoms with van der Waals surface area (Å²) in [7, 11) is 0. The molecule has 0 saturated carbocycles. The van der Waals surface area contributed by atoms with Crippen LogP contribution in [0.2, 0.25) is 0 Å². The lowest BCUT2D eigenvalue weighted by Crippen LogP contribution is -2.35. The van der Waals surface area contributed by atoms with Crippen LogP contribution >= 0.6 is 0 Å². The van der Waals surface area contributed by atoms with Crippen molar-refractivity contribution < 1.29 is 4.79 Å². The highest BCUT2D eigenvalue weighted by Gasteiger charge is 2.24. The minimum absolute atomic E-state index is 0.0933. The highest BCUT2D eigenvalue weighted by Crippen LogP contribution is 2.28. The number of para-hydroxylation sites is 1. The third-order valence-corrected chi connectivity index (χ3v) is 4.97. The van der Waals surface area contributed by atoms with Crippen LogP contribution < -0.4 is 0 Å². The Kier molecular flexibility index (Phi) is 2.80. The second-order valence-electron chi connectivity index (χ2n) is 6.38. The predicted molar refractivity (Wildman–Crippen MR) is 95.0 cm³/mol. The van der Waals surface area contributed by atoms with Crippen LogP contribution in [0.3, 0.4) is 0 Å². The normalized spacial score (nSPS) is 14.2. The highest BCUT2D eigenvalue weighted by molar-refractivity contribution is 5.98. The number of fused-ring (bicyclic) bond motifs is 4. The van der Waals surface area contributed by atoms with Gasteiger partial charge in [-0.2, -0.15) is 0 Å². The summed E-state index contributed by atoms with van der Waals surface area (Å²) in [5.41, 5.74) is 5.42. The van der Waals surface area contributed by atoms with Crippen molar-refractivity contribution >= 4 is 27.7 Å². The second kappa shape index (κ2) is 4.99. The number of carbonyl (C=O) groups is 1. The first kappa shape index (κ1) is 13.4. The van der Waals surface area contributed by atoms with Crippen LogP contribution in [-0.2, 0) is 13.0 Å². The summed E-state index contributed by atoms with van der Waals surface area (Å²) in [5, 5.41) is 2.41. The van der Waals surface area contributed by atoms with E-state index in [0.717, 1.165) is 40.6 Å². The van der Waals surface area contributed by atoms with Crippen molar-refractivity contribution in [3.05, 3.63) is 71.5 Å². The number of nitrogens with zero attached hydrogens (tertiary/aromatic N) is 1. The highest BCUT2D eigenvalue weighted by atomic mass is 16.2. The molecule has 1 aliphatic rings. The summed E-state index contributed by atoms with van der Waals surface area (Å²) in [6.07, 6.45) is 2.80. The van der Waals surface area contributed by atoms with E-state index in [1.807, 2.05) is 41.4 Å². The maximum absolute atomic E-state index is 12.9. The summed E-state index contributed by atoms with van der Waals surface area (Å²) in [4.78, 5) is 21.5.